The summed E-state index contributed by atoms with van der Waals surface area (Å²) in [5.41, 5.74) is 4.43. The quantitative estimate of drug-likeness (QED) is 0.780. The van der Waals surface area contributed by atoms with Crippen LogP contribution in [0.1, 0.15) is 0 Å². The van der Waals surface area contributed by atoms with Crippen molar-refractivity contribution in [2.24, 2.45) is 0 Å². The van der Waals surface area contributed by atoms with E-state index in [4.69, 9.17) is 4.74 Å². The monoisotopic (exact) mass is 297 g/mol. The number of ether oxygens (including phenoxy) is 1. The van der Waals surface area contributed by atoms with Crippen LogP contribution in [0, 0.1) is 0 Å². The average Bonchev–Trinajstić information content (AvgIpc) is 2.59. The van der Waals surface area contributed by atoms with Crippen molar-refractivity contribution in [1.29, 1.82) is 0 Å². The highest BCUT2D eigenvalue weighted by molar-refractivity contribution is 5.80. The highest BCUT2D eigenvalue weighted by Crippen LogP contribution is 2.23. The number of aromatic nitrogens is 2. The SMILES string of the molecule is CNc1ccc2nc(-c3ccc(OCCF)cc3)cnc2c1. The van der Waals surface area contributed by atoms with Crippen LogP contribution in [-0.2, 0) is 0 Å². The van der Waals surface area contributed by atoms with Gasteiger partial charge in [-0.15, -0.1) is 0 Å². The molecule has 2 aromatic carbocycles. The number of nitrogens with one attached hydrogen (secondary N) is 1. The van der Waals surface area contributed by atoms with E-state index in [0.717, 1.165) is 28.0 Å². The maximum atomic E-state index is 12.1. The largest absolute Gasteiger partial charge is 0.491 e. The number of anilines is 1. The molecule has 0 unspecified atom stereocenters. The van der Waals surface area contributed by atoms with Gasteiger partial charge in [0.2, 0.25) is 0 Å². The van der Waals surface area contributed by atoms with Gasteiger partial charge in [0, 0.05) is 18.3 Å². The van der Waals surface area contributed by atoms with E-state index in [1.54, 1.807) is 18.3 Å². The van der Waals surface area contributed by atoms with Gasteiger partial charge < -0.3 is 10.1 Å². The molecular formula is C17H16FN3O. The smallest absolute Gasteiger partial charge is 0.123 e. The molecule has 0 aliphatic carbocycles. The van der Waals surface area contributed by atoms with Gasteiger partial charge in [0.1, 0.15) is 19.0 Å². The highest BCUT2D eigenvalue weighted by Gasteiger charge is 2.04. The van der Waals surface area contributed by atoms with Gasteiger partial charge >= 0.3 is 0 Å². The van der Waals surface area contributed by atoms with Crippen molar-refractivity contribution in [2.45, 2.75) is 0 Å². The molecule has 0 fully saturated rings. The van der Waals surface area contributed by atoms with Crippen molar-refractivity contribution < 1.29 is 9.13 Å². The van der Waals surface area contributed by atoms with Crippen molar-refractivity contribution in [3.05, 3.63) is 48.7 Å². The first kappa shape index (κ1) is 14.3. The molecule has 0 amide bonds. The number of hydrogen-bond donors (Lipinski definition) is 1. The zero-order valence-electron chi connectivity index (χ0n) is 12.2. The number of fused-ring (bicyclic) bond motifs is 1. The van der Waals surface area contributed by atoms with Crippen LogP contribution in [0.4, 0.5) is 10.1 Å². The topological polar surface area (TPSA) is 47.0 Å². The molecule has 0 bridgehead atoms. The summed E-state index contributed by atoms with van der Waals surface area (Å²) < 4.78 is 17.3. The molecule has 0 saturated heterocycles. The van der Waals surface area contributed by atoms with Gasteiger partial charge in [0.15, 0.2) is 0 Å². The Kier molecular flexibility index (Phi) is 4.14. The van der Waals surface area contributed by atoms with Gasteiger partial charge in [0.05, 0.1) is 22.9 Å². The van der Waals surface area contributed by atoms with Crippen molar-refractivity contribution >= 4 is 16.7 Å². The van der Waals surface area contributed by atoms with Crippen molar-refractivity contribution in [2.75, 3.05) is 25.6 Å². The minimum atomic E-state index is -0.494. The third kappa shape index (κ3) is 2.98. The Morgan fingerprint density at radius 3 is 2.64 bits per heavy atom. The molecule has 0 atom stereocenters. The molecule has 0 saturated carbocycles. The predicted octanol–water partition coefficient (Wildman–Crippen LogP) is 3.69. The summed E-state index contributed by atoms with van der Waals surface area (Å²) in [6.45, 7) is -0.421. The number of rotatable bonds is 5. The second-order valence-electron chi connectivity index (χ2n) is 4.77. The van der Waals surface area contributed by atoms with Gasteiger partial charge in [-0.25, -0.2) is 9.37 Å². The summed E-state index contributed by atoms with van der Waals surface area (Å²) in [5, 5.41) is 3.08. The highest BCUT2D eigenvalue weighted by atomic mass is 19.1. The Bertz CT molecular complexity index is 774. The van der Waals surface area contributed by atoms with Crippen LogP contribution in [-0.4, -0.2) is 30.3 Å². The van der Waals surface area contributed by atoms with E-state index in [0.29, 0.717) is 5.75 Å². The zero-order chi connectivity index (χ0) is 15.4. The Morgan fingerprint density at radius 2 is 1.91 bits per heavy atom. The number of hydrogen-bond acceptors (Lipinski definition) is 4. The third-order valence-electron chi connectivity index (χ3n) is 3.33. The normalized spacial score (nSPS) is 10.6. The summed E-state index contributed by atoms with van der Waals surface area (Å²) in [6, 6.07) is 13.3. The van der Waals surface area contributed by atoms with Crippen LogP contribution < -0.4 is 10.1 Å². The third-order valence-corrected chi connectivity index (χ3v) is 3.33. The fourth-order valence-corrected chi connectivity index (χ4v) is 2.18. The van der Waals surface area contributed by atoms with Crippen LogP contribution in [0.15, 0.2) is 48.7 Å². The fraction of sp³-hybridized carbons (Fsp3) is 0.176. The molecule has 0 aliphatic rings. The number of alkyl halides is 1. The molecule has 22 heavy (non-hydrogen) atoms. The maximum absolute atomic E-state index is 12.1. The van der Waals surface area contributed by atoms with E-state index in [-0.39, 0.29) is 6.61 Å². The first-order chi connectivity index (χ1) is 10.8. The predicted molar refractivity (Wildman–Crippen MR) is 86.0 cm³/mol. The molecule has 3 aromatic rings. The molecule has 1 aromatic heterocycles. The van der Waals surface area contributed by atoms with E-state index in [2.05, 4.69) is 15.3 Å². The lowest BCUT2D eigenvalue weighted by Crippen LogP contribution is -1.98. The van der Waals surface area contributed by atoms with Crippen LogP contribution >= 0.6 is 0 Å². The number of nitrogens with zero attached hydrogens (tertiary/aromatic N) is 2. The van der Waals surface area contributed by atoms with E-state index in [1.807, 2.05) is 37.4 Å². The van der Waals surface area contributed by atoms with Gasteiger partial charge in [-0.3, -0.25) is 4.98 Å². The first-order valence-corrected chi connectivity index (χ1v) is 7.04. The molecule has 1 N–H and O–H groups in total. The number of halogens is 1. The van der Waals surface area contributed by atoms with E-state index in [9.17, 15) is 4.39 Å². The van der Waals surface area contributed by atoms with Crippen LogP contribution in [0.3, 0.4) is 0 Å². The summed E-state index contributed by atoms with van der Waals surface area (Å²) >= 11 is 0. The van der Waals surface area contributed by atoms with Gasteiger partial charge in [-0.05, 0) is 42.5 Å². The number of benzene rings is 2. The zero-order valence-corrected chi connectivity index (χ0v) is 12.2. The standard InChI is InChI=1S/C17H16FN3O/c1-19-13-4-7-15-16(10-13)20-11-17(21-15)12-2-5-14(6-3-12)22-9-8-18/h2-7,10-11,19H,8-9H2,1H3. The van der Waals surface area contributed by atoms with Crippen LogP contribution in [0.5, 0.6) is 5.75 Å². The van der Waals surface area contributed by atoms with Crippen molar-refractivity contribution in [1.82, 2.24) is 9.97 Å². The van der Waals surface area contributed by atoms with Crippen LogP contribution in [0.25, 0.3) is 22.3 Å². The second kappa shape index (κ2) is 6.39. The lowest BCUT2D eigenvalue weighted by atomic mass is 10.1. The van der Waals surface area contributed by atoms with Gasteiger partial charge in [-0.2, -0.15) is 0 Å². The molecule has 3 rings (SSSR count). The average molecular weight is 297 g/mol. The first-order valence-electron chi connectivity index (χ1n) is 7.04. The minimum absolute atomic E-state index is 0.0723. The molecule has 0 spiro atoms. The Morgan fingerprint density at radius 1 is 1.09 bits per heavy atom. The molecule has 0 aliphatic heterocycles. The van der Waals surface area contributed by atoms with E-state index in [1.165, 1.54) is 0 Å². The molecule has 112 valence electrons. The minimum Gasteiger partial charge on any atom is -0.491 e. The van der Waals surface area contributed by atoms with Crippen molar-refractivity contribution in [3.63, 3.8) is 0 Å². The van der Waals surface area contributed by atoms with E-state index >= 15 is 0 Å². The summed E-state index contributed by atoms with van der Waals surface area (Å²) in [7, 11) is 1.87. The molecule has 5 heteroatoms. The van der Waals surface area contributed by atoms with Gasteiger partial charge in [-0.1, -0.05) is 0 Å². The molecule has 0 radical (unpaired) electrons. The lowest BCUT2D eigenvalue weighted by Gasteiger charge is -2.06. The van der Waals surface area contributed by atoms with Crippen molar-refractivity contribution in [3.8, 4) is 17.0 Å². The fourth-order valence-electron chi connectivity index (χ4n) is 2.18. The Hall–Kier alpha value is -2.69. The van der Waals surface area contributed by atoms with Crippen LogP contribution in [0.2, 0.25) is 0 Å². The Balaban J connectivity index is 1.89. The molecule has 4 nitrogen and oxygen atoms in total. The maximum Gasteiger partial charge on any atom is 0.123 e. The molecule has 1 heterocycles. The lowest BCUT2D eigenvalue weighted by molar-refractivity contribution is 0.273. The summed E-state index contributed by atoms with van der Waals surface area (Å²) in [5.74, 6) is 0.647. The second-order valence-corrected chi connectivity index (χ2v) is 4.77. The van der Waals surface area contributed by atoms with E-state index < -0.39 is 6.67 Å². The summed E-state index contributed by atoms with van der Waals surface area (Å²) in [6.07, 6.45) is 1.75. The summed E-state index contributed by atoms with van der Waals surface area (Å²) in [4.78, 5) is 9.08. The van der Waals surface area contributed by atoms with Gasteiger partial charge in [0.25, 0.3) is 0 Å². The molecular weight excluding hydrogens is 281 g/mol. The Labute approximate surface area is 128 Å².